The topological polar surface area (TPSA) is 76.2 Å². The highest BCUT2D eigenvalue weighted by atomic mass is 32.2. The molecule has 1 aromatic carbocycles. The molecule has 0 N–H and O–H groups in total. The summed E-state index contributed by atoms with van der Waals surface area (Å²) in [5.74, 6) is 0.851. The molecule has 3 rings (SSSR count). The summed E-state index contributed by atoms with van der Waals surface area (Å²) in [6.45, 7) is 6.14. The smallest absolute Gasteiger partial charge is 0.243 e. The molecular formula is C17H24N2O5S. The van der Waals surface area contributed by atoms with Crippen molar-refractivity contribution in [3.8, 4) is 11.5 Å². The van der Waals surface area contributed by atoms with Crippen LogP contribution in [0.1, 0.15) is 26.7 Å². The Hall–Kier alpha value is -1.80. The molecule has 0 radical (unpaired) electrons. The minimum Gasteiger partial charge on any atom is -0.486 e. The van der Waals surface area contributed by atoms with Gasteiger partial charge in [0.1, 0.15) is 19.3 Å². The van der Waals surface area contributed by atoms with Gasteiger partial charge in [-0.15, -0.1) is 0 Å². The van der Waals surface area contributed by atoms with Crippen LogP contribution in [0.2, 0.25) is 0 Å². The van der Waals surface area contributed by atoms with Crippen LogP contribution in [0.15, 0.2) is 23.1 Å². The van der Waals surface area contributed by atoms with Gasteiger partial charge >= 0.3 is 0 Å². The average Bonchev–Trinajstić information content (AvgIpc) is 3.13. The van der Waals surface area contributed by atoms with Crippen molar-refractivity contribution >= 4 is 15.9 Å². The maximum atomic E-state index is 13.1. The number of benzene rings is 1. The van der Waals surface area contributed by atoms with Gasteiger partial charge in [-0.25, -0.2) is 8.42 Å². The monoisotopic (exact) mass is 368 g/mol. The van der Waals surface area contributed by atoms with Crippen LogP contribution in [-0.4, -0.2) is 62.4 Å². The quantitative estimate of drug-likeness (QED) is 0.787. The van der Waals surface area contributed by atoms with Crippen LogP contribution in [0.3, 0.4) is 0 Å². The number of carbonyl (C=O) groups is 1. The average molecular weight is 368 g/mol. The molecule has 8 heteroatoms. The van der Waals surface area contributed by atoms with Gasteiger partial charge < -0.3 is 14.4 Å². The van der Waals surface area contributed by atoms with Gasteiger partial charge in [-0.2, -0.15) is 4.31 Å². The molecule has 1 amide bonds. The number of hydrogen-bond donors (Lipinski definition) is 0. The van der Waals surface area contributed by atoms with E-state index in [9.17, 15) is 13.2 Å². The molecule has 0 aliphatic carbocycles. The van der Waals surface area contributed by atoms with Crippen molar-refractivity contribution in [3.05, 3.63) is 18.2 Å². The number of rotatable bonds is 5. The summed E-state index contributed by atoms with van der Waals surface area (Å²) >= 11 is 0. The van der Waals surface area contributed by atoms with E-state index in [0.29, 0.717) is 57.2 Å². The highest BCUT2D eigenvalue weighted by Gasteiger charge is 2.41. The molecule has 1 saturated heterocycles. The summed E-state index contributed by atoms with van der Waals surface area (Å²) in [6.07, 6.45) is 1.24. The minimum atomic E-state index is -3.77. The molecule has 2 aliphatic heterocycles. The van der Waals surface area contributed by atoms with Gasteiger partial charge in [-0.05, 0) is 38.8 Å². The Morgan fingerprint density at radius 3 is 2.56 bits per heavy atom. The molecule has 0 spiro atoms. The Morgan fingerprint density at radius 2 is 1.88 bits per heavy atom. The van der Waals surface area contributed by atoms with Crippen molar-refractivity contribution in [2.45, 2.75) is 37.6 Å². The minimum absolute atomic E-state index is 0.122. The molecule has 0 saturated carbocycles. The number of sulfonamides is 1. The van der Waals surface area contributed by atoms with Crippen molar-refractivity contribution in [1.29, 1.82) is 0 Å². The van der Waals surface area contributed by atoms with Crippen LogP contribution in [0.25, 0.3) is 0 Å². The van der Waals surface area contributed by atoms with Gasteiger partial charge in [-0.3, -0.25) is 4.79 Å². The second kappa shape index (κ2) is 7.21. The summed E-state index contributed by atoms with van der Waals surface area (Å²) in [4.78, 5) is 14.5. The SMILES string of the molecule is CCN(CC)C(=O)C1CCCN1S(=O)(=O)c1ccc2c(c1)OCCO2. The number of likely N-dealkylation sites (N-methyl/N-ethyl adjacent to an activating group) is 1. The third-order valence-electron chi connectivity index (χ3n) is 4.68. The first-order chi connectivity index (χ1) is 12.0. The van der Waals surface area contributed by atoms with E-state index >= 15 is 0 Å². The lowest BCUT2D eigenvalue weighted by molar-refractivity contribution is -0.134. The maximum Gasteiger partial charge on any atom is 0.243 e. The highest BCUT2D eigenvalue weighted by molar-refractivity contribution is 7.89. The van der Waals surface area contributed by atoms with E-state index in [2.05, 4.69) is 0 Å². The van der Waals surface area contributed by atoms with E-state index in [0.717, 1.165) is 0 Å². The molecular weight excluding hydrogens is 344 g/mol. The van der Waals surface area contributed by atoms with E-state index in [1.54, 1.807) is 11.0 Å². The van der Waals surface area contributed by atoms with E-state index in [4.69, 9.17) is 9.47 Å². The second-order valence-corrected chi connectivity index (χ2v) is 7.98. The van der Waals surface area contributed by atoms with Crippen molar-refractivity contribution in [1.82, 2.24) is 9.21 Å². The number of nitrogens with zero attached hydrogens (tertiary/aromatic N) is 2. The van der Waals surface area contributed by atoms with Crippen molar-refractivity contribution < 1.29 is 22.7 Å². The summed E-state index contributed by atoms with van der Waals surface area (Å²) in [5.41, 5.74) is 0. The second-order valence-electron chi connectivity index (χ2n) is 6.09. The summed E-state index contributed by atoms with van der Waals surface area (Å²) in [7, 11) is -3.77. The van der Waals surface area contributed by atoms with E-state index in [1.807, 2.05) is 13.8 Å². The largest absolute Gasteiger partial charge is 0.486 e. The number of amides is 1. The summed E-state index contributed by atoms with van der Waals surface area (Å²) in [5, 5.41) is 0. The molecule has 1 unspecified atom stereocenters. The van der Waals surface area contributed by atoms with Crippen LogP contribution in [-0.2, 0) is 14.8 Å². The molecule has 1 atom stereocenters. The molecule has 138 valence electrons. The standard InChI is InChI=1S/C17H24N2O5S/c1-3-18(4-2)17(20)14-6-5-9-19(14)25(21,22)13-7-8-15-16(12-13)24-11-10-23-15/h7-8,12,14H,3-6,9-11H2,1-2H3. The van der Waals surface area contributed by atoms with Gasteiger partial charge in [0.25, 0.3) is 0 Å². The van der Waals surface area contributed by atoms with Crippen LogP contribution < -0.4 is 9.47 Å². The molecule has 0 aromatic heterocycles. The molecule has 7 nitrogen and oxygen atoms in total. The van der Waals surface area contributed by atoms with Crippen molar-refractivity contribution in [3.63, 3.8) is 0 Å². The van der Waals surface area contributed by atoms with Gasteiger partial charge in [0.15, 0.2) is 11.5 Å². The zero-order valence-electron chi connectivity index (χ0n) is 14.6. The van der Waals surface area contributed by atoms with E-state index < -0.39 is 16.1 Å². The first kappa shape index (κ1) is 18.0. The zero-order chi connectivity index (χ0) is 18.0. The Bertz CT molecular complexity index is 745. The third kappa shape index (κ3) is 3.32. The number of ether oxygens (including phenoxy) is 2. The first-order valence-electron chi connectivity index (χ1n) is 8.69. The Balaban J connectivity index is 1.89. The van der Waals surface area contributed by atoms with Crippen LogP contribution >= 0.6 is 0 Å². The van der Waals surface area contributed by atoms with E-state index in [-0.39, 0.29) is 10.8 Å². The fourth-order valence-electron chi connectivity index (χ4n) is 3.34. The summed E-state index contributed by atoms with van der Waals surface area (Å²) < 4.78 is 38.4. The molecule has 1 aromatic rings. The fraction of sp³-hybridized carbons (Fsp3) is 0.588. The third-order valence-corrected chi connectivity index (χ3v) is 6.59. The fourth-order valence-corrected chi connectivity index (χ4v) is 5.01. The van der Waals surface area contributed by atoms with Crippen molar-refractivity contribution in [2.75, 3.05) is 32.8 Å². The zero-order valence-corrected chi connectivity index (χ0v) is 15.4. The molecule has 0 bridgehead atoms. The molecule has 2 aliphatic rings. The predicted molar refractivity (Wildman–Crippen MR) is 92.3 cm³/mol. The number of carbonyl (C=O) groups excluding carboxylic acids is 1. The highest BCUT2D eigenvalue weighted by Crippen LogP contribution is 2.35. The molecule has 1 fully saturated rings. The lowest BCUT2D eigenvalue weighted by Crippen LogP contribution is -2.47. The van der Waals surface area contributed by atoms with Gasteiger partial charge in [0.05, 0.1) is 4.90 Å². The van der Waals surface area contributed by atoms with Gasteiger partial charge in [0.2, 0.25) is 15.9 Å². The maximum absolute atomic E-state index is 13.1. The number of hydrogen-bond acceptors (Lipinski definition) is 5. The van der Waals surface area contributed by atoms with Crippen LogP contribution in [0, 0.1) is 0 Å². The normalized spacial score (nSPS) is 20.5. The summed E-state index contributed by atoms with van der Waals surface area (Å²) in [6, 6.07) is 3.98. The molecule has 2 heterocycles. The van der Waals surface area contributed by atoms with Crippen molar-refractivity contribution in [2.24, 2.45) is 0 Å². The lowest BCUT2D eigenvalue weighted by atomic mass is 10.2. The molecule has 25 heavy (non-hydrogen) atoms. The Labute approximate surface area is 148 Å². The Kier molecular flexibility index (Phi) is 5.19. The lowest BCUT2D eigenvalue weighted by Gasteiger charge is -2.28. The van der Waals surface area contributed by atoms with E-state index in [1.165, 1.54) is 16.4 Å². The van der Waals surface area contributed by atoms with Crippen LogP contribution in [0.4, 0.5) is 0 Å². The predicted octanol–water partition coefficient (Wildman–Crippen LogP) is 1.48. The van der Waals surface area contributed by atoms with Gasteiger partial charge in [0, 0.05) is 25.7 Å². The van der Waals surface area contributed by atoms with Gasteiger partial charge in [-0.1, -0.05) is 0 Å². The Morgan fingerprint density at radius 1 is 1.20 bits per heavy atom. The van der Waals surface area contributed by atoms with Crippen LogP contribution in [0.5, 0.6) is 11.5 Å². The number of fused-ring (bicyclic) bond motifs is 1. The first-order valence-corrected chi connectivity index (χ1v) is 10.1.